The summed E-state index contributed by atoms with van der Waals surface area (Å²) in [7, 11) is 1.97. The Hall–Kier alpha value is -1.65. The van der Waals surface area contributed by atoms with Crippen LogP contribution >= 0.6 is 0 Å². The van der Waals surface area contributed by atoms with Gasteiger partial charge in [-0.25, -0.2) is 4.98 Å². The van der Waals surface area contributed by atoms with Crippen LogP contribution < -0.4 is 0 Å². The molecule has 0 atom stereocenters. The molecule has 0 spiro atoms. The van der Waals surface area contributed by atoms with E-state index in [1.54, 1.807) is 6.26 Å². The lowest BCUT2D eigenvalue weighted by Gasteiger charge is -2.33. The number of hydrogen-bond donors (Lipinski definition) is 1. The van der Waals surface area contributed by atoms with Crippen molar-refractivity contribution in [1.82, 2.24) is 9.88 Å². The van der Waals surface area contributed by atoms with Crippen molar-refractivity contribution in [1.29, 1.82) is 0 Å². The summed E-state index contributed by atoms with van der Waals surface area (Å²) in [5.74, 6) is 0.630. The maximum absolute atomic E-state index is 9.34. The Kier molecular flexibility index (Phi) is 4.02. The Labute approximate surface area is 113 Å². The molecule has 102 valence electrons. The summed E-state index contributed by atoms with van der Waals surface area (Å²) in [6, 6.07) is 9.82. The molecule has 0 aliphatic carbocycles. The van der Waals surface area contributed by atoms with Gasteiger partial charge in [-0.05, 0) is 33.0 Å². The van der Waals surface area contributed by atoms with Gasteiger partial charge in [-0.3, -0.25) is 4.90 Å². The maximum atomic E-state index is 9.34. The third-order valence-corrected chi connectivity index (χ3v) is 3.39. The number of rotatable bonds is 5. The summed E-state index contributed by atoms with van der Waals surface area (Å²) in [6.07, 6.45) is 1.67. The van der Waals surface area contributed by atoms with Crippen LogP contribution in [0.5, 0.6) is 0 Å². The Morgan fingerprint density at radius 2 is 1.95 bits per heavy atom. The maximum Gasteiger partial charge on any atom is 0.226 e. The van der Waals surface area contributed by atoms with Gasteiger partial charge in [0, 0.05) is 17.6 Å². The topological polar surface area (TPSA) is 49.5 Å². The first-order chi connectivity index (χ1) is 9.03. The molecule has 0 unspecified atom stereocenters. The molecule has 19 heavy (non-hydrogen) atoms. The van der Waals surface area contributed by atoms with Crippen molar-refractivity contribution in [3.8, 4) is 11.5 Å². The molecule has 0 saturated heterocycles. The molecule has 1 N–H and O–H groups in total. The zero-order valence-electron chi connectivity index (χ0n) is 11.6. The van der Waals surface area contributed by atoms with E-state index in [9.17, 15) is 5.11 Å². The molecule has 0 aliphatic rings. The number of benzene rings is 1. The van der Waals surface area contributed by atoms with Gasteiger partial charge in [-0.2, -0.15) is 0 Å². The fraction of sp³-hybridized carbons (Fsp3) is 0.400. The smallest absolute Gasteiger partial charge is 0.226 e. The van der Waals surface area contributed by atoms with E-state index in [1.807, 2.05) is 51.2 Å². The second-order valence-corrected chi connectivity index (χ2v) is 5.34. The monoisotopic (exact) mass is 260 g/mol. The van der Waals surface area contributed by atoms with E-state index in [4.69, 9.17) is 4.42 Å². The third-order valence-electron chi connectivity index (χ3n) is 3.39. The Morgan fingerprint density at radius 1 is 1.26 bits per heavy atom. The lowest BCUT2D eigenvalue weighted by Crippen LogP contribution is -2.43. The fourth-order valence-electron chi connectivity index (χ4n) is 1.67. The fourth-order valence-corrected chi connectivity index (χ4v) is 1.67. The van der Waals surface area contributed by atoms with E-state index >= 15 is 0 Å². The molecule has 0 fully saturated rings. The van der Waals surface area contributed by atoms with Crippen LogP contribution in [0.1, 0.15) is 19.5 Å². The summed E-state index contributed by atoms with van der Waals surface area (Å²) in [4.78, 5) is 6.53. The molecule has 4 heteroatoms. The lowest BCUT2D eigenvalue weighted by molar-refractivity contribution is 0.0724. The number of nitrogens with zero attached hydrogens (tertiary/aromatic N) is 2. The second-order valence-electron chi connectivity index (χ2n) is 5.34. The highest BCUT2D eigenvalue weighted by Crippen LogP contribution is 2.20. The normalized spacial score (nSPS) is 12.1. The third kappa shape index (κ3) is 3.22. The minimum absolute atomic E-state index is 0.104. The van der Waals surface area contributed by atoms with E-state index in [1.165, 1.54) is 0 Å². The average molecular weight is 260 g/mol. The molecule has 0 saturated carbocycles. The highest BCUT2D eigenvalue weighted by molar-refractivity contribution is 5.52. The second kappa shape index (κ2) is 5.55. The number of aliphatic hydroxyl groups excluding tert-OH is 1. The summed E-state index contributed by atoms with van der Waals surface area (Å²) < 4.78 is 5.50. The van der Waals surface area contributed by atoms with Gasteiger partial charge >= 0.3 is 0 Å². The molecule has 0 amide bonds. The summed E-state index contributed by atoms with van der Waals surface area (Å²) in [6.45, 7) is 4.73. The molecule has 0 aliphatic heterocycles. The quantitative estimate of drug-likeness (QED) is 0.897. The number of oxazole rings is 1. The lowest BCUT2D eigenvalue weighted by atomic mass is 10.1. The molecule has 2 rings (SSSR count). The van der Waals surface area contributed by atoms with Crippen molar-refractivity contribution in [2.75, 3.05) is 13.7 Å². The van der Waals surface area contributed by atoms with Crippen LogP contribution in [-0.2, 0) is 6.54 Å². The van der Waals surface area contributed by atoms with E-state index in [0.29, 0.717) is 12.4 Å². The molecular formula is C15H20N2O2. The Balaban J connectivity index is 2.10. The van der Waals surface area contributed by atoms with Crippen molar-refractivity contribution in [2.45, 2.75) is 25.9 Å². The Bertz CT molecular complexity index is 520. The molecule has 2 aromatic rings. The van der Waals surface area contributed by atoms with Crippen molar-refractivity contribution < 1.29 is 9.52 Å². The molecule has 1 aromatic carbocycles. The van der Waals surface area contributed by atoms with Crippen LogP contribution in [0.25, 0.3) is 11.5 Å². The van der Waals surface area contributed by atoms with Gasteiger partial charge in [0.2, 0.25) is 5.89 Å². The van der Waals surface area contributed by atoms with Gasteiger partial charge < -0.3 is 9.52 Å². The van der Waals surface area contributed by atoms with Crippen molar-refractivity contribution in [3.63, 3.8) is 0 Å². The number of aliphatic hydroxyl groups is 1. The highest BCUT2D eigenvalue weighted by atomic mass is 16.3. The van der Waals surface area contributed by atoms with Gasteiger partial charge in [0.15, 0.2) is 0 Å². The van der Waals surface area contributed by atoms with Crippen LogP contribution in [0.15, 0.2) is 41.0 Å². The summed E-state index contributed by atoms with van der Waals surface area (Å²) in [5, 5.41) is 9.34. The minimum Gasteiger partial charge on any atom is -0.444 e. The summed E-state index contributed by atoms with van der Waals surface area (Å²) in [5.41, 5.74) is 1.56. The van der Waals surface area contributed by atoms with Gasteiger partial charge in [-0.15, -0.1) is 0 Å². The molecule has 1 heterocycles. The van der Waals surface area contributed by atoms with E-state index in [2.05, 4.69) is 9.88 Å². The molecule has 1 aromatic heterocycles. The van der Waals surface area contributed by atoms with Gasteiger partial charge in [0.05, 0.1) is 12.3 Å². The summed E-state index contributed by atoms with van der Waals surface area (Å²) >= 11 is 0. The van der Waals surface area contributed by atoms with Crippen LogP contribution in [0, 0.1) is 0 Å². The van der Waals surface area contributed by atoms with Crippen molar-refractivity contribution in [3.05, 3.63) is 42.3 Å². The van der Waals surface area contributed by atoms with E-state index < -0.39 is 0 Å². The Morgan fingerprint density at radius 3 is 2.58 bits per heavy atom. The van der Waals surface area contributed by atoms with Crippen LogP contribution in [-0.4, -0.2) is 34.2 Å². The number of likely N-dealkylation sites (N-methyl/N-ethyl adjacent to an activating group) is 1. The minimum atomic E-state index is -0.272. The van der Waals surface area contributed by atoms with E-state index in [-0.39, 0.29) is 12.1 Å². The van der Waals surface area contributed by atoms with Crippen LogP contribution in [0.2, 0.25) is 0 Å². The predicted molar refractivity (Wildman–Crippen MR) is 74.6 cm³/mol. The van der Waals surface area contributed by atoms with Gasteiger partial charge in [-0.1, -0.05) is 18.2 Å². The first-order valence-electron chi connectivity index (χ1n) is 6.35. The van der Waals surface area contributed by atoms with Crippen molar-refractivity contribution in [2.24, 2.45) is 0 Å². The van der Waals surface area contributed by atoms with Gasteiger partial charge in [0.25, 0.3) is 0 Å². The first-order valence-corrected chi connectivity index (χ1v) is 6.35. The number of hydrogen-bond acceptors (Lipinski definition) is 4. The molecule has 4 nitrogen and oxygen atoms in total. The first kappa shape index (κ1) is 13.8. The zero-order valence-corrected chi connectivity index (χ0v) is 11.6. The van der Waals surface area contributed by atoms with Crippen LogP contribution in [0.3, 0.4) is 0 Å². The predicted octanol–water partition coefficient (Wildman–Crippen LogP) is 2.54. The standard InChI is InChI=1S/C15H20N2O2/c1-15(2,11-18)17(3)9-13-10-19-14(16-13)12-7-5-4-6-8-12/h4-8,10,18H,9,11H2,1-3H3. The van der Waals surface area contributed by atoms with Gasteiger partial charge in [0.1, 0.15) is 6.26 Å². The zero-order chi connectivity index (χ0) is 13.9. The average Bonchev–Trinajstić information content (AvgIpc) is 2.88. The molecular weight excluding hydrogens is 240 g/mol. The largest absolute Gasteiger partial charge is 0.444 e. The van der Waals surface area contributed by atoms with Crippen LogP contribution in [0.4, 0.5) is 0 Å². The van der Waals surface area contributed by atoms with Crippen molar-refractivity contribution >= 4 is 0 Å². The molecule has 0 bridgehead atoms. The number of aromatic nitrogens is 1. The highest BCUT2D eigenvalue weighted by Gasteiger charge is 2.23. The molecule has 0 radical (unpaired) electrons. The SMILES string of the molecule is CN(Cc1coc(-c2ccccc2)n1)C(C)(C)CO. The van der Waals surface area contributed by atoms with E-state index in [0.717, 1.165) is 11.3 Å².